The van der Waals surface area contributed by atoms with Gasteiger partial charge in [-0.3, -0.25) is 4.79 Å². The molecule has 0 aromatic carbocycles. The van der Waals surface area contributed by atoms with Gasteiger partial charge >= 0.3 is 6.18 Å². The number of alkyl halides is 3. The first kappa shape index (κ1) is 23.4. The van der Waals surface area contributed by atoms with Gasteiger partial charge in [-0.05, 0) is 38.8 Å². The summed E-state index contributed by atoms with van der Waals surface area (Å²) in [5.41, 5.74) is -0.339. The van der Waals surface area contributed by atoms with Crippen LogP contribution in [0.1, 0.15) is 62.1 Å². The molecule has 1 unspecified atom stereocenters. The summed E-state index contributed by atoms with van der Waals surface area (Å²) >= 11 is 7.05. The van der Waals surface area contributed by atoms with Crippen LogP contribution < -0.4 is 5.32 Å². The van der Waals surface area contributed by atoms with Gasteiger partial charge in [0.15, 0.2) is 0 Å². The topological polar surface area (TPSA) is 42.0 Å². The zero-order valence-corrected chi connectivity index (χ0v) is 17.7. The van der Waals surface area contributed by atoms with E-state index in [0.717, 1.165) is 11.1 Å². The molecular weight excluding hydrogens is 397 g/mol. The summed E-state index contributed by atoms with van der Waals surface area (Å²) in [7, 11) is 0. The Labute approximate surface area is 167 Å². The molecule has 8 heteroatoms. The Morgan fingerprint density at radius 1 is 1.22 bits per heavy atom. The Balaban J connectivity index is 3.06. The van der Waals surface area contributed by atoms with Crippen molar-refractivity contribution in [2.45, 2.75) is 53.6 Å². The molecule has 0 spiro atoms. The third-order valence-electron chi connectivity index (χ3n) is 3.79. The molecule has 0 saturated heterocycles. The lowest BCUT2D eigenvalue weighted by Gasteiger charge is -2.12. The Hall–Kier alpha value is -1.60. The first-order valence-corrected chi connectivity index (χ1v) is 9.59. The lowest BCUT2D eigenvalue weighted by atomic mass is 9.99. The Kier molecular flexibility index (Phi) is 8.29. The van der Waals surface area contributed by atoms with Crippen LogP contribution >= 0.6 is 22.9 Å². The number of nitrogens with zero attached hydrogens (tertiary/aromatic N) is 1. The van der Waals surface area contributed by atoms with Crippen LogP contribution in [0.3, 0.4) is 0 Å². The predicted molar refractivity (Wildman–Crippen MR) is 105 cm³/mol. The van der Waals surface area contributed by atoms with Gasteiger partial charge in [0.2, 0.25) is 0 Å². The van der Waals surface area contributed by atoms with Crippen molar-refractivity contribution in [1.29, 1.82) is 0 Å². The third kappa shape index (κ3) is 7.14. The highest BCUT2D eigenvalue weighted by Gasteiger charge is 2.34. The van der Waals surface area contributed by atoms with Crippen LogP contribution in [0, 0.1) is 5.92 Å². The fourth-order valence-electron chi connectivity index (χ4n) is 2.00. The number of nitrogens with one attached hydrogen (secondary N) is 1. The van der Waals surface area contributed by atoms with Crippen LogP contribution in [-0.2, 0) is 0 Å². The summed E-state index contributed by atoms with van der Waals surface area (Å²) in [6.45, 7) is 10.8. The number of amides is 1. The number of hydrogen-bond donors (Lipinski definition) is 1. The number of allylic oxidation sites excluding steroid dienone is 6. The maximum absolute atomic E-state index is 13.3. The van der Waals surface area contributed by atoms with Gasteiger partial charge in [-0.15, -0.1) is 11.3 Å². The monoisotopic (exact) mass is 420 g/mol. The molecule has 0 radical (unpaired) electrons. The minimum absolute atomic E-state index is 0.0412. The largest absolute Gasteiger partial charge is 0.417 e. The van der Waals surface area contributed by atoms with Crippen molar-refractivity contribution in [2.24, 2.45) is 5.92 Å². The number of carbonyl (C=O) groups is 1. The highest BCUT2D eigenvalue weighted by Crippen LogP contribution is 2.32. The lowest BCUT2D eigenvalue weighted by molar-refractivity contribution is -0.0885. The Morgan fingerprint density at radius 2 is 1.81 bits per heavy atom. The van der Waals surface area contributed by atoms with Crippen molar-refractivity contribution < 1.29 is 18.0 Å². The first-order valence-electron chi connectivity index (χ1n) is 8.40. The van der Waals surface area contributed by atoms with E-state index < -0.39 is 22.7 Å². The van der Waals surface area contributed by atoms with E-state index in [0.29, 0.717) is 16.4 Å². The van der Waals surface area contributed by atoms with Crippen molar-refractivity contribution in [1.82, 2.24) is 10.3 Å². The van der Waals surface area contributed by atoms with Crippen LogP contribution in [-0.4, -0.2) is 17.1 Å². The van der Waals surface area contributed by atoms with E-state index in [2.05, 4.69) is 24.1 Å². The van der Waals surface area contributed by atoms with E-state index in [1.165, 1.54) is 30.5 Å². The molecule has 1 N–H and O–H groups in total. The molecule has 3 nitrogen and oxygen atoms in total. The van der Waals surface area contributed by atoms with Gasteiger partial charge in [0.1, 0.15) is 4.88 Å². The molecule has 1 rings (SSSR count). The summed E-state index contributed by atoms with van der Waals surface area (Å²) < 4.78 is 39.8. The number of halogens is 4. The molecule has 0 aliphatic carbocycles. The predicted octanol–water partition coefficient (Wildman–Crippen LogP) is 6.56. The SMILES string of the molecule is CC(C)=C/C(Cl)=C(\C=C(/C)NC(=O)c1cnc(C(C)C(C)C)s1)C(F)(F)F. The van der Waals surface area contributed by atoms with Crippen molar-refractivity contribution in [3.05, 3.63) is 50.1 Å². The summed E-state index contributed by atoms with van der Waals surface area (Å²) in [5.74, 6) is 0.0598. The molecule has 0 bridgehead atoms. The molecule has 1 aromatic rings. The fraction of sp³-hybridized carbons (Fsp3) is 0.474. The Bertz CT molecular complexity index is 772. The van der Waals surface area contributed by atoms with Gasteiger partial charge in [0.25, 0.3) is 5.91 Å². The lowest BCUT2D eigenvalue weighted by Crippen LogP contribution is -2.21. The highest BCUT2D eigenvalue weighted by molar-refractivity contribution is 7.13. The molecule has 0 fully saturated rings. The van der Waals surface area contributed by atoms with Gasteiger partial charge in [-0.1, -0.05) is 37.9 Å². The molecule has 1 aromatic heterocycles. The van der Waals surface area contributed by atoms with Gasteiger partial charge in [-0.25, -0.2) is 4.98 Å². The average molecular weight is 421 g/mol. The van der Waals surface area contributed by atoms with Crippen molar-refractivity contribution >= 4 is 28.8 Å². The van der Waals surface area contributed by atoms with Crippen LogP contribution in [0.15, 0.2) is 40.2 Å². The van der Waals surface area contributed by atoms with E-state index in [1.54, 1.807) is 13.8 Å². The molecule has 150 valence electrons. The Morgan fingerprint density at radius 3 is 2.30 bits per heavy atom. The van der Waals surface area contributed by atoms with E-state index >= 15 is 0 Å². The number of rotatable bonds is 6. The fourth-order valence-corrected chi connectivity index (χ4v) is 3.42. The van der Waals surface area contributed by atoms with Crippen LogP contribution in [0.5, 0.6) is 0 Å². The molecule has 1 atom stereocenters. The zero-order chi connectivity index (χ0) is 20.9. The van der Waals surface area contributed by atoms with Gasteiger partial charge in [-0.2, -0.15) is 13.2 Å². The summed E-state index contributed by atoms with van der Waals surface area (Å²) in [6, 6.07) is 0. The second kappa shape index (κ2) is 9.55. The summed E-state index contributed by atoms with van der Waals surface area (Å²) in [6.07, 6.45) is -1.13. The number of aromatic nitrogens is 1. The molecule has 1 heterocycles. The van der Waals surface area contributed by atoms with Crippen molar-refractivity contribution in [3.8, 4) is 0 Å². The molecule has 0 saturated carbocycles. The summed E-state index contributed by atoms with van der Waals surface area (Å²) in [5, 5.41) is 2.86. The second-order valence-electron chi connectivity index (χ2n) is 6.86. The quantitative estimate of drug-likeness (QED) is 0.529. The molecule has 27 heavy (non-hydrogen) atoms. The second-order valence-corrected chi connectivity index (χ2v) is 8.33. The maximum Gasteiger partial charge on any atom is 0.417 e. The normalized spacial score (nSPS) is 14.7. The van der Waals surface area contributed by atoms with Crippen molar-refractivity contribution in [2.75, 3.05) is 0 Å². The minimum Gasteiger partial charge on any atom is -0.325 e. The minimum atomic E-state index is -4.64. The first-order chi connectivity index (χ1) is 12.3. The molecule has 1 amide bonds. The number of hydrogen-bond acceptors (Lipinski definition) is 3. The standard InChI is InChI=1S/C19H24ClF3N2OS/c1-10(2)7-15(20)14(19(21,22)23)8-12(5)25-17(26)16-9-24-18(27-16)13(6)11(3)4/h7-9,11,13H,1-6H3,(H,25,26)/b12-8+,15-14-. The zero-order valence-electron chi connectivity index (χ0n) is 16.2. The molecule has 0 aliphatic heterocycles. The van der Waals surface area contributed by atoms with Gasteiger partial charge in [0, 0.05) is 11.6 Å². The van der Waals surface area contributed by atoms with Crippen molar-refractivity contribution in [3.63, 3.8) is 0 Å². The number of thiazole rings is 1. The number of carbonyl (C=O) groups excluding carboxylic acids is 1. The van der Waals surface area contributed by atoms with E-state index in [9.17, 15) is 18.0 Å². The third-order valence-corrected chi connectivity index (χ3v) is 5.30. The van der Waals surface area contributed by atoms with Crippen LogP contribution in [0.25, 0.3) is 0 Å². The van der Waals surface area contributed by atoms with Gasteiger partial charge < -0.3 is 5.32 Å². The van der Waals surface area contributed by atoms with Crippen LogP contribution in [0.2, 0.25) is 0 Å². The maximum atomic E-state index is 13.3. The molecular formula is C19H24ClF3N2OS. The van der Waals surface area contributed by atoms with Gasteiger partial charge in [0.05, 0.1) is 21.8 Å². The van der Waals surface area contributed by atoms with E-state index in [4.69, 9.17) is 11.6 Å². The van der Waals surface area contributed by atoms with E-state index in [1.807, 2.05) is 6.92 Å². The van der Waals surface area contributed by atoms with E-state index in [-0.39, 0.29) is 11.6 Å². The highest BCUT2D eigenvalue weighted by atomic mass is 35.5. The smallest absolute Gasteiger partial charge is 0.325 e. The molecule has 0 aliphatic rings. The average Bonchev–Trinajstić information content (AvgIpc) is 2.99. The van der Waals surface area contributed by atoms with Crippen LogP contribution in [0.4, 0.5) is 13.2 Å². The summed E-state index contributed by atoms with van der Waals surface area (Å²) in [4.78, 5) is 16.9.